The van der Waals surface area contributed by atoms with Gasteiger partial charge in [-0.25, -0.2) is 0 Å². The topological polar surface area (TPSA) is 15.3 Å². The first kappa shape index (κ1) is 16.5. The fourth-order valence-corrected chi connectivity index (χ4v) is 3.55. The fraction of sp³-hybridized carbons (Fsp3) is 0.684. The number of benzene rings is 1. The number of rotatable bonds is 6. The summed E-state index contributed by atoms with van der Waals surface area (Å²) in [6.07, 6.45) is 2.66. The molecule has 0 amide bonds. The maximum absolute atomic E-state index is 3.65. The molecule has 0 spiro atoms. The van der Waals surface area contributed by atoms with Gasteiger partial charge in [0.25, 0.3) is 0 Å². The molecule has 0 aromatic heterocycles. The molecule has 2 rings (SSSR count). The zero-order valence-corrected chi connectivity index (χ0v) is 14.4. The molecule has 0 aliphatic carbocycles. The van der Waals surface area contributed by atoms with Crippen molar-refractivity contribution in [2.24, 2.45) is 5.92 Å². The van der Waals surface area contributed by atoms with E-state index in [9.17, 15) is 0 Å². The second kappa shape index (κ2) is 7.42. The number of hydrogen-bond donors (Lipinski definition) is 1. The molecule has 1 aromatic carbocycles. The number of nitrogens with zero attached hydrogens (tertiary/aromatic N) is 1. The zero-order valence-electron chi connectivity index (χ0n) is 14.4. The smallest absolute Gasteiger partial charge is 0.0323 e. The molecular weight excluding hydrogens is 256 g/mol. The van der Waals surface area contributed by atoms with E-state index < -0.39 is 0 Å². The van der Waals surface area contributed by atoms with Crippen LogP contribution in [-0.4, -0.2) is 30.6 Å². The molecule has 1 aliphatic rings. The van der Waals surface area contributed by atoms with Crippen molar-refractivity contribution in [3.8, 4) is 0 Å². The molecular formula is C19H32N2. The molecule has 1 N–H and O–H groups in total. The largest absolute Gasteiger partial charge is 0.313 e. The van der Waals surface area contributed by atoms with E-state index in [4.69, 9.17) is 0 Å². The van der Waals surface area contributed by atoms with Gasteiger partial charge in [0, 0.05) is 25.2 Å². The molecule has 118 valence electrons. The van der Waals surface area contributed by atoms with E-state index in [-0.39, 0.29) is 0 Å². The number of nitrogens with one attached hydrogen (secondary N) is 1. The Bertz CT molecular complexity index is 447. The van der Waals surface area contributed by atoms with E-state index in [1.54, 1.807) is 0 Å². The van der Waals surface area contributed by atoms with E-state index in [2.05, 4.69) is 63.0 Å². The Labute approximate surface area is 130 Å². The second-order valence-corrected chi connectivity index (χ2v) is 7.18. The summed E-state index contributed by atoms with van der Waals surface area (Å²) in [4.78, 5) is 2.67. The van der Waals surface area contributed by atoms with Gasteiger partial charge in [-0.15, -0.1) is 0 Å². The Morgan fingerprint density at radius 1 is 1.24 bits per heavy atom. The van der Waals surface area contributed by atoms with Crippen LogP contribution in [0.5, 0.6) is 0 Å². The van der Waals surface area contributed by atoms with Crippen LogP contribution in [0.2, 0.25) is 0 Å². The summed E-state index contributed by atoms with van der Waals surface area (Å²) >= 11 is 0. The Kier molecular flexibility index (Phi) is 5.83. The van der Waals surface area contributed by atoms with Gasteiger partial charge in [0.1, 0.15) is 0 Å². The minimum absolute atomic E-state index is 0.496. The third-order valence-corrected chi connectivity index (χ3v) is 4.64. The van der Waals surface area contributed by atoms with Crippen LogP contribution in [0.3, 0.4) is 0 Å². The number of hydrogen-bond acceptors (Lipinski definition) is 2. The van der Waals surface area contributed by atoms with E-state index in [1.165, 1.54) is 49.2 Å². The van der Waals surface area contributed by atoms with Gasteiger partial charge in [0.05, 0.1) is 0 Å². The highest BCUT2D eigenvalue weighted by molar-refractivity contribution is 5.32. The maximum Gasteiger partial charge on any atom is 0.0323 e. The lowest BCUT2D eigenvalue weighted by Gasteiger charge is -2.34. The van der Waals surface area contributed by atoms with Crippen molar-refractivity contribution in [3.05, 3.63) is 34.9 Å². The zero-order chi connectivity index (χ0) is 15.4. The summed E-state index contributed by atoms with van der Waals surface area (Å²) in [7, 11) is 0. The molecule has 2 heteroatoms. The van der Waals surface area contributed by atoms with Crippen molar-refractivity contribution in [3.63, 3.8) is 0 Å². The maximum atomic E-state index is 3.65. The van der Waals surface area contributed by atoms with Gasteiger partial charge in [0.2, 0.25) is 0 Å². The van der Waals surface area contributed by atoms with Gasteiger partial charge in [-0.05, 0) is 57.2 Å². The van der Waals surface area contributed by atoms with Crippen LogP contribution >= 0.6 is 0 Å². The Morgan fingerprint density at radius 3 is 2.57 bits per heavy atom. The lowest BCUT2D eigenvalue weighted by molar-refractivity contribution is 0.171. The van der Waals surface area contributed by atoms with Gasteiger partial charge in [-0.2, -0.15) is 0 Å². The first-order valence-electron chi connectivity index (χ1n) is 8.52. The quantitative estimate of drug-likeness (QED) is 0.848. The van der Waals surface area contributed by atoms with Gasteiger partial charge < -0.3 is 5.32 Å². The summed E-state index contributed by atoms with van der Waals surface area (Å²) in [6, 6.07) is 8.06. The second-order valence-electron chi connectivity index (χ2n) is 7.18. The Morgan fingerprint density at radius 2 is 2.00 bits per heavy atom. The fourth-order valence-electron chi connectivity index (χ4n) is 3.55. The normalized spacial score (nSPS) is 20.4. The van der Waals surface area contributed by atoms with Crippen LogP contribution in [0.25, 0.3) is 0 Å². The highest BCUT2D eigenvalue weighted by atomic mass is 15.2. The predicted molar refractivity (Wildman–Crippen MR) is 91.8 cm³/mol. The first-order valence-corrected chi connectivity index (χ1v) is 8.52. The van der Waals surface area contributed by atoms with Crippen LogP contribution in [-0.2, 0) is 0 Å². The van der Waals surface area contributed by atoms with Gasteiger partial charge in [0.15, 0.2) is 0 Å². The molecule has 0 radical (unpaired) electrons. The van der Waals surface area contributed by atoms with E-state index >= 15 is 0 Å². The molecule has 1 aliphatic heterocycles. The first-order chi connectivity index (χ1) is 9.97. The van der Waals surface area contributed by atoms with Gasteiger partial charge in [-0.3, -0.25) is 4.90 Å². The summed E-state index contributed by atoms with van der Waals surface area (Å²) in [6.45, 7) is 15.0. The van der Waals surface area contributed by atoms with Crippen LogP contribution in [0.1, 0.15) is 56.3 Å². The monoisotopic (exact) mass is 288 g/mol. The van der Waals surface area contributed by atoms with Crippen molar-refractivity contribution in [2.45, 2.75) is 59.5 Å². The number of aryl methyl sites for hydroxylation is 2. The molecule has 1 saturated heterocycles. The third-order valence-electron chi connectivity index (χ3n) is 4.64. The average Bonchev–Trinajstić information content (AvgIpc) is 2.89. The standard InChI is InChI=1S/C19H32N2/c1-14(2)12-21(13-18-7-6-10-20-18)17(5)19-9-8-15(3)11-16(19)4/h8-9,11,14,17-18,20H,6-7,10,12-13H2,1-5H3. The lowest BCUT2D eigenvalue weighted by Crippen LogP contribution is -2.40. The SMILES string of the molecule is Cc1ccc(C(C)N(CC(C)C)CC2CCCN2)c(C)c1. The third kappa shape index (κ3) is 4.55. The van der Waals surface area contributed by atoms with Crippen LogP contribution < -0.4 is 5.32 Å². The van der Waals surface area contributed by atoms with Crippen molar-refractivity contribution < 1.29 is 0 Å². The molecule has 2 unspecified atom stereocenters. The molecule has 0 saturated carbocycles. The van der Waals surface area contributed by atoms with E-state index in [0.29, 0.717) is 18.0 Å². The minimum atomic E-state index is 0.496. The van der Waals surface area contributed by atoms with Gasteiger partial charge >= 0.3 is 0 Å². The lowest BCUT2D eigenvalue weighted by atomic mass is 9.98. The molecule has 1 heterocycles. The van der Waals surface area contributed by atoms with E-state index in [0.717, 1.165) is 0 Å². The highest BCUT2D eigenvalue weighted by Crippen LogP contribution is 2.26. The van der Waals surface area contributed by atoms with E-state index in [1.807, 2.05) is 0 Å². The highest BCUT2D eigenvalue weighted by Gasteiger charge is 2.23. The van der Waals surface area contributed by atoms with Crippen molar-refractivity contribution in [1.29, 1.82) is 0 Å². The Balaban J connectivity index is 2.13. The summed E-state index contributed by atoms with van der Waals surface area (Å²) < 4.78 is 0. The minimum Gasteiger partial charge on any atom is -0.313 e. The van der Waals surface area contributed by atoms with Crippen molar-refractivity contribution in [2.75, 3.05) is 19.6 Å². The van der Waals surface area contributed by atoms with Gasteiger partial charge in [-0.1, -0.05) is 37.6 Å². The average molecular weight is 288 g/mol. The summed E-state index contributed by atoms with van der Waals surface area (Å²) in [5.41, 5.74) is 4.27. The van der Waals surface area contributed by atoms with Crippen molar-refractivity contribution in [1.82, 2.24) is 10.2 Å². The van der Waals surface area contributed by atoms with Crippen LogP contribution in [0, 0.1) is 19.8 Å². The molecule has 2 nitrogen and oxygen atoms in total. The van der Waals surface area contributed by atoms with Crippen molar-refractivity contribution >= 4 is 0 Å². The molecule has 2 atom stereocenters. The molecule has 1 aromatic rings. The van der Waals surface area contributed by atoms with Crippen LogP contribution in [0.15, 0.2) is 18.2 Å². The summed E-state index contributed by atoms with van der Waals surface area (Å²) in [5, 5.41) is 3.65. The van der Waals surface area contributed by atoms with Crippen LogP contribution in [0.4, 0.5) is 0 Å². The summed E-state index contributed by atoms with van der Waals surface area (Å²) in [5.74, 6) is 0.708. The Hall–Kier alpha value is -0.860. The molecule has 21 heavy (non-hydrogen) atoms. The molecule has 1 fully saturated rings. The molecule has 0 bridgehead atoms. The predicted octanol–water partition coefficient (Wildman–Crippen LogP) is 4.07.